The Hall–Kier alpha value is -2.41. The molecule has 0 aliphatic rings. The van der Waals surface area contributed by atoms with Gasteiger partial charge in [0.25, 0.3) is 5.56 Å². The Morgan fingerprint density at radius 1 is 1.30 bits per heavy atom. The molecular formula is C13H8BrN3O3. The number of carbonyl (C=O) groups is 1. The minimum atomic E-state index is -1.14. The van der Waals surface area contributed by atoms with E-state index in [0.717, 1.165) is 14.6 Å². The van der Waals surface area contributed by atoms with Crippen molar-refractivity contribution in [2.75, 3.05) is 0 Å². The zero-order chi connectivity index (χ0) is 14.3. The van der Waals surface area contributed by atoms with Crippen LogP contribution in [0, 0.1) is 0 Å². The van der Waals surface area contributed by atoms with Gasteiger partial charge in [0.2, 0.25) is 0 Å². The predicted octanol–water partition coefficient (Wildman–Crippen LogP) is 2.15. The highest BCUT2D eigenvalue weighted by atomic mass is 79.9. The number of carboxylic acid groups (broad SMARTS) is 1. The number of benzene rings is 1. The first-order valence-corrected chi connectivity index (χ1v) is 6.46. The van der Waals surface area contributed by atoms with Crippen LogP contribution >= 0.6 is 15.9 Å². The van der Waals surface area contributed by atoms with Gasteiger partial charge in [0.15, 0.2) is 5.65 Å². The number of H-pyrrole nitrogens is 1. The van der Waals surface area contributed by atoms with E-state index in [2.05, 4.69) is 26.0 Å². The molecule has 0 spiro atoms. The summed E-state index contributed by atoms with van der Waals surface area (Å²) in [5, 5.41) is 11.4. The van der Waals surface area contributed by atoms with Gasteiger partial charge < -0.3 is 5.11 Å². The lowest BCUT2D eigenvalue weighted by Crippen LogP contribution is -2.14. The van der Waals surface area contributed by atoms with Crippen molar-refractivity contribution in [1.82, 2.24) is 14.6 Å². The summed E-state index contributed by atoms with van der Waals surface area (Å²) < 4.78 is 1.97. The van der Waals surface area contributed by atoms with E-state index in [9.17, 15) is 9.59 Å². The SMILES string of the molecule is O=C(O)c1cc2nc(-c3cccc(Br)c3)cc(=O)n2[nH]1. The number of hydrogen-bond acceptors (Lipinski definition) is 3. The number of rotatable bonds is 2. The van der Waals surface area contributed by atoms with Gasteiger partial charge in [-0.3, -0.25) is 9.89 Å². The normalized spacial score (nSPS) is 10.8. The van der Waals surface area contributed by atoms with Gasteiger partial charge in [-0.25, -0.2) is 14.3 Å². The van der Waals surface area contributed by atoms with Gasteiger partial charge in [-0.2, -0.15) is 0 Å². The van der Waals surface area contributed by atoms with Crippen LogP contribution in [0.4, 0.5) is 0 Å². The Kier molecular flexibility index (Phi) is 2.90. The number of aromatic nitrogens is 3. The van der Waals surface area contributed by atoms with Crippen molar-refractivity contribution in [3.63, 3.8) is 0 Å². The van der Waals surface area contributed by atoms with Crippen LogP contribution in [0.25, 0.3) is 16.9 Å². The van der Waals surface area contributed by atoms with E-state index in [0.29, 0.717) is 5.69 Å². The number of nitrogens with zero attached hydrogens (tertiary/aromatic N) is 2. The van der Waals surface area contributed by atoms with E-state index in [1.165, 1.54) is 12.1 Å². The van der Waals surface area contributed by atoms with Crippen LogP contribution in [0.2, 0.25) is 0 Å². The molecule has 2 N–H and O–H groups in total. The number of aromatic amines is 1. The number of hydrogen-bond donors (Lipinski definition) is 2. The van der Waals surface area contributed by atoms with Crippen LogP contribution < -0.4 is 5.56 Å². The minimum Gasteiger partial charge on any atom is -0.477 e. The quantitative estimate of drug-likeness (QED) is 0.752. The van der Waals surface area contributed by atoms with Crippen LogP contribution in [0.3, 0.4) is 0 Å². The highest BCUT2D eigenvalue weighted by Crippen LogP contribution is 2.20. The molecule has 20 heavy (non-hydrogen) atoms. The molecule has 0 saturated carbocycles. The maximum absolute atomic E-state index is 12.0. The second kappa shape index (κ2) is 4.61. The molecule has 3 aromatic rings. The topological polar surface area (TPSA) is 87.5 Å². The van der Waals surface area contributed by atoms with Gasteiger partial charge in [0, 0.05) is 22.2 Å². The van der Waals surface area contributed by atoms with Crippen molar-refractivity contribution < 1.29 is 9.90 Å². The molecule has 2 heterocycles. The van der Waals surface area contributed by atoms with Crippen molar-refractivity contribution in [3.8, 4) is 11.3 Å². The van der Waals surface area contributed by atoms with E-state index in [1.807, 2.05) is 24.3 Å². The lowest BCUT2D eigenvalue weighted by molar-refractivity contribution is 0.0690. The van der Waals surface area contributed by atoms with E-state index in [1.54, 1.807) is 0 Å². The molecule has 0 fully saturated rings. The molecule has 3 rings (SSSR count). The van der Waals surface area contributed by atoms with Crippen molar-refractivity contribution in [3.05, 3.63) is 56.9 Å². The van der Waals surface area contributed by atoms with Gasteiger partial charge in [0.05, 0.1) is 5.69 Å². The Labute approximate surface area is 120 Å². The summed E-state index contributed by atoms with van der Waals surface area (Å²) in [6, 6.07) is 10.1. The standard InChI is InChI=1S/C13H8BrN3O3/c14-8-3-1-2-7(4-8)9-6-12(18)17-11(15-9)5-10(16-17)13(19)20/h1-6,16H,(H,19,20). The summed E-state index contributed by atoms with van der Waals surface area (Å²) in [5.74, 6) is -1.14. The van der Waals surface area contributed by atoms with Crippen molar-refractivity contribution >= 4 is 27.5 Å². The summed E-state index contributed by atoms with van der Waals surface area (Å²) in [6.45, 7) is 0. The average molecular weight is 334 g/mol. The van der Waals surface area contributed by atoms with Crippen LogP contribution in [0.5, 0.6) is 0 Å². The van der Waals surface area contributed by atoms with Gasteiger partial charge >= 0.3 is 5.97 Å². The lowest BCUT2D eigenvalue weighted by atomic mass is 10.1. The smallest absolute Gasteiger partial charge is 0.353 e. The highest BCUT2D eigenvalue weighted by molar-refractivity contribution is 9.10. The fourth-order valence-electron chi connectivity index (χ4n) is 1.90. The number of fused-ring (bicyclic) bond motifs is 1. The van der Waals surface area contributed by atoms with Crippen LogP contribution in [0.1, 0.15) is 10.5 Å². The van der Waals surface area contributed by atoms with Crippen molar-refractivity contribution in [2.24, 2.45) is 0 Å². The van der Waals surface area contributed by atoms with Crippen molar-refractivity contribution in [2.45, 2.75) is 0 Å². The van der Waals surface area contributed by atoms with Crippen LogP contribution in [0.15, 0.2) is 45.7 Å². The molecule has 0 aliphatic heterocycles. The molecule has 100 valence electrons. The molecule has 0 amide bonds. The monoisotopic (exact) mass is 333 g/mol. The molecule has 7 heteroatoms. The molecule has 1 aromatic carbocycles. The molecule has 0 aliphatic carbocycles. The summed E-state index contributed by atoms with van der Waals surface area (Å²) in [5.41, 5.74) is 1.09. The summed E-state index contributed by atoms with van der Waals surface area (Å²) in [4.78, 5) is 27.2. The van der Waals surface area contributed by atoms with Crippen LogP contribution in [-0.4, -0.2) is 25.7 Å². The Morgan fingerprint density at radius 2 is 2.10 bits per heavy atom. The van der Waals surface area contributed by atoms with Gasteiger partial charge in [-0.15, -0.1) is 0 Å². The third-order valence-electron chi connectivity index (χ3n) is 2.80. The predicted molar refractivity (Wildman–Crippen MR) is 75.9 cm³/mol. The first-order valence-electron chi connectivity index (χ1n) is 5.66. The highest BCUT2D eigenvalue weighted by Gasteiger charge is 2.11. The summed E-state index contributed by atoms with van der Waals surface area (Å²) in [6.07, 6.45) is 0. The number of halogens is 1. The van der Waals surface area contributed by atoms with E-state index in [4.69, 9.17) is 5.11 Å². The third kappa shape index (κ3) is 2.12. The molecular weight excluding hydrogens is 326 g/mol. The zero-order valence-corrected chi connectivity index (χ0v) is 11.6. The first kappa shape index (κ1) is 12.6. The zero-order valence-electron chi connectivity index (χ0n) is 10.0. The molecule has 0 bridgehead atoms. The van der Waals surface area contributed by atoms with Gasteiger partial charge in [-0.05, 0) is 12.1 Å². The maximum Gasteiger partial charge on any atom is 0.353 e. The van der Waals surface area contributed by atoms with E-state index >= 15 is 0 Å². The molecule has 0 radical (unpaired) electrons. The van der Waals surface area contributed by atoms with E-state index < -0.39 is 5.97 Å². The van der Waals surface area contributed by atoms with Gasteiger partial charge in [0.1, 0.15) is 5.69 Å². The number of aromatic carboxylic acids is 1. The summed E-state index contributed by atoms with van der Waals surface area (Å²) >= 11 is 3.36. The molecule has 2 aromatic heterocycles. The largest absolute Gasteiger partial charge is 0.477 e. The molecule has 0 saturated heterocycles. The third-order valence-corrected chi connectivity index (χ3v) is 3.29. The van der Waals surface area contributed by atoms with Crippen molar-refractivity contribution in [1.29, 1.82) is 0 Å². The second-order valence-electron chi connectivity index (χ2n) is 4.16. The van der Waals surface area contributed by atoms with E-state index in [-0.39, 0.29) is 16.9 Å². The second-order valence-corrected chi connectivity index (χ2v) is 5.07. The fraction of sp³-hybridized carbons (Fsp3) is 0. The average Bonchev–Trinajstić information content (AvgIpc) is 2.83. The van der Waals surface area contributed by atoms with Crippen LogP contribution in [-0.2, 0) is 0 Å². The summed E-state index contributed by atoms with van der Waals surface area (Å²) in [7, 11) is 0. The molecule has 0 unspecified atom stereocenters. The molecule has 0 atom stereocenters. The minimum absolute atomic E-state index is 0.0824. The Morgan fingerprint density at radius 3 is 2.80 bits per heavy atom. The Balaban J connectivity index is 2.24. The van der Waals surface area contributed by atoms with Gasteiger partial charge in [-0.1, -0.05) is 28.1 Å². The first-order chi connectivity index (χ1) is 9.54. The number of nitrogens with one attached hydrogen (secondary N) is 1. The maximum atomic E-state index is 12.0. The molecule has 6 nitrogen and oxygen atoms in total. The fourth-order valence-corrected chi connectivity index (χ4v) is 2.30. The lowest BCUT2D eigenvalue weighted by Gasteiger charge is -2.01. The number of carboxylic acids is 1. The Bertz CT molecular complexity index is 882.